The van der Waals surface area contributed by atoms with Gasteiger partial charge in [0.05, 0.1) is 0 Å². The molecule has 1 heterocycles. The highest BCUT2D eigenvalue weighted by Gasteiger charge is 2.47. The molecule has 2 aliphatic rings. The molecule has 2 fully saturated rings. The maximum absolute atomic E-state index is 12.9. The highest BCUT2D eigenvalue weighted by molar-refractivity contribution is 5.97. The van der Waals surface area contributed by atoms with Crippen LogP contribution in [0.3, 0.4) is 0 Å². The van der Waals surface area contributed by atoms with Gasteiger partial charge in [-0.15, -0.1) is 0 Å². The van der Waals surface area contributed by atoms with Crippen molar-refractivity contribution in [3.8, 4) is 0 Å². The molecule has 120 valence electrons. The van der Waals surface area contributed by atoms with Crippen LogP contribution in [0, 0.1) is 17.3 Å². The van der Waals surface area contributed by atoms with Gasteiger partial charge in [0, 0.05) is 6.54 Å². The Balaban J connectivity index is 2.25. The van der Waals surface area contributed by atoms with Crippen LogP contribution >= 0.6 is 0 Å². The maximum atomic E-state index is 12.9. The number of nitrogens with zero attached hydrogens (tertiary/aromatic N) is 1. The van der Waals surface area contributed by atoms with Gasteiger partial charge in [-0.05, 0) is 36.5 Å². The lowest BCUT2D eigenvalue weighted by atomic mass is 9.66. The molecule has 0 bridgehead atoms. The third-order valence-electron chi connectivity index (χ3n) is 5.42. The highest BCUT2D eigenvalue weighted by atomic mass is 16.2. The number of carbonyl (C=O) groups excluding carboxylic acids is 2. The topological polar surface area (TPSA) is 49.4 Å². The van der Waals surface area contributed by atoms with E-state index in [1.54, 1.807) is 0 Å². The third-order valence-corrected chi connectivity index (χ3v) is 5.42. The first-order valence-corrected chi connectivity index (χ1v) is 8.42. The molecule has 2 unspecified atom stereocenters. The Labute approximate surface area is 128 Å². The minimum atomic E-state index is -0.360. The van der Waals surface area contributed by atoms with Crippen molar-refractivity contribution in [1.82, 2.24) is 10.2 Å². The van der Waals surface area contributed by atoms with Gasteiger partial charge in [-0.1, -0.05) is 41.0 Å². The van der Waals surface area contributed by atoms with Gasteiger partial charge in [0.25, 0.3) is 0 Å². The Kier molecular flexibility index (Phi) is 4.64. The normalized spacial score (nSPS) is 28.8. The summed E-state index contributed by atoms with van der Waals surface area (Å²) < 4.78 is 0. The molecule has 1 aliphatic carbocycles. The van der Waals surface area contributed by atoms with Crippen molar-refractivity contribution in [3.63, 3.8) is 0 Å². The van der Waals surface area contributed by atoms with Gasteiger partial charge in [0.2, 0.25) is 11.8 Å². The summed E-state index contributed by atoms with van der Waals surface area (Å²) in [6.45, 7) is 11.0. The van der Waals surface area contributed by atoms with E-state index in [1.165, 1.54) is 19.3 Å². The van der Waals surface area contributed by atoms with E-state index in [1.807, 2.05) is 32.6 Å². The molecule has 2 amide bonds. The fourth-order valence-electron chi connectivity index (χ4n) is 3.71. The summed E-state index contributed by atoms with van der Waals surface area (Å²) in [5.41, 5.74) is 0.252. The van der Waals surface area contributed by atoms with Gasteiger partial charge in [-0.2, -0.15) is 0 Å². The molecule has 21 heavy (non-hydrogen) atoms. The van der Waals surface area contributed by atoms with E-state index in [-0.39, 0.29) is 41.1 Å². The monoisotopic (exact) mass is 294 g/mol. The summed E-state index contributed by atoms with van der Waals surface area (Å²) in [4.78, 5) is 27.3. The van der Waals surface area contributed by atoms with Crippen molar-refractivity contribution in [1.29, 1.82) is 0 Å². The molecule has 1 N–H and O–H groups in total. The first kappa shape index (κ1) is 16.3. The molecule has 1 aliphatic heterocycles. The SMILES string of the molecule is CCC1(CN2C(=O)C(C(C)C)NC(=O)C2C(C)C)CCC1. The Hall–Kier alpha value is -1.06. The molecule has 0 spiro atoms. The van der Waals surface area contributed by atoms with Crippen molar-refractivity contribution >= 4 is 11.8 Å². The fraction of sp³-hybridized carbons (Fsp3) is 0.882. The van der Waals surface area contributed by atoms with Crippen LogP contribution in [0.1, 0.15) is 60.3 Å². The molecular weight excluding hydrogens is 264 g/mol. The lowest BCUT2D eigenvalue weighted by Crippen LogP contribution is -2.67. The molecule has 4 heteroatoms. The Morgan fingerprint density at radius 2 is 1.81 bits per heavy atom. The molecule has 2 atom stereocenters. The molecule has 1 saturated carbocycles. The van der Waals surface area contributed by atoms with E-state index in [0.29, 0.717) is 0 Å². The molecule has 2 rings (SSSR count). The number of nitrogens with one attached hydrogen (secondary N) is 1. The van der Waals surface area contributed by atoms with E-state index < -0.39 is 0 Å². The van der Waals surface area contributed by atoms with Gasteiger partial charge in [0.1, 0.15) is 12.1 Å². The lowest BCUT2D eigenvalue weighted by Gasteiger charge is -2.50. The number of amides is 2. The van der Waals surface area contributed by atoms with E-state index in [0.717, 1.165) is 13.0 Å². The zero-order valence-corrected chi connectivity index (χ0v) is 14.1. The summed E-state index contributed by atoms with van der Waals surface area (Å²) in [6, 6.07) is -0.669. The molecule has 0 aromatic rings. The predicted molar refractivity (Wildman–Crippen MR) is 83.7 cm³/mol. The molecule has 0 aromatic carbocycles. The first-order valence-electron chi connectivity index (χ1n) is 8.42. The van der Waals surface area contributed by atoms with Gasteiger partial charge in [-0.3, -0.25) is 9.59 Å². The standard InChI is InChI=1S/C17H30N2O2/c1-6-17(8-7-9-17)10-19-14(12(4)5)15(20)18-13(11(2)3)16(19)21/h11-14H,6-10H2,1-5H3,(H,18,20). The summed E-state index contributed by atoms with van der Waals surface area (Å²) in [5, 5.41) is 2.94. The third kappa shape index (κ3) is 2.95. The minimum absolute atomic E-state index is 0.0221. The number of hydrogen-bond acceptors (Lipinski definition) is 2. The zero-order valence-electron chi connectivity index (χ0n) is 14.1. The smallest absolute Gasteiger partial charge is 0.246 e. The van der Waals surface area contributed by atoms with Crippen LogP contribution in [-0.2, 0) is 9.59 Å². The Morgan fingerprint density at radius 1 is 1.19 bits per heavy atom. The average Bonchev–Trinajstić information content (AvgIpc) is 2.36. The number of carbonyl (C=O) groups is 2. The van der Waals surface area contributed by atoms with Gasteiger partial charge in [0.15, 0.2) is 0 Å². The van der Waals surface area contributed by atoms with Crippen LogP contribution < -0.4 is 5.32 Å². The molecular formula is C17H30N2O2. The van der Waals surface area contributed by atoms with Crippen molar-refractivity contribution in [2.75, 3.05) is 6.54 Å². The van der Waals surface area contributed by atoms with Crippen LogP contribution in [0.2, 0.25) is 0 Å². The lowest BCUT2D eigenvalue weighted by molar-refractivity contribution is -0.155. The second-order valence-corrected chi connectivity index (χ2v) is 7.59. The summed E-state index contributed by atoms with van der Waals surface area (Å²) >= 11 is 0. The Bertz CT molecular complexity index is 408. The van der Waals surface area contributed by atoms with E-state index in [4.69, 9.17) is 0 Å². The molecule has 0 aromatic heterocycles. The highest BCUT2D eigenvalue weighted by Crippen LogP contribution is 2.45. The maximum Gasteiger partial charge on any atom is 0.246 e. The molecule has 4 nitrogen and oxygen atoms in total. The van der Waals surface area contributed by atoms with Crippen molar-refractivity contribution in [3.05, 3.63) is 0 Å². The van der Waals surface area contributed by atoms with Gasteiger partial charge >= 0.3 is 0 Å². The largest absolute Gasteiger partial charge is 0.342 e. The van der Waals surface area contributed by atoms with Crippen molar-refractivity contribution in [2.45, 2.75) is 72.4 Å². The van der Waals surface area contributed by atoms with Crippen LogP contribution in [0.25, 0.3) is 0 Å². The zero-order chi connectivity index (χ0) is 15.8. The van der Waals surface area contributed by atoms with Crippen LogP contribution in [0.15, 0.2) is 0 Å². The van der Waals surface area contributed by atoms with Crippen molar-refractivity contribution in [2.24, 2.45) is 17.3 Å². The van der Waals surface area contributed by atoms with E-state index >= 15 is 0 Å². The van der Waals surface area contributed by atoms with Crippen LogP contribution in [0.5, 0.6) is 0 Å². The van der Waals surface area contributed by atoms with E-state index in [2.05, 4.69) is 12.2 Å². The first-order chi connectivity index (χ1) is 9.81. The fourth-order valence-corrected chi connectivity index (χ4v) is 3.71. The summed E-state index contributed by atoms with van der Waals surface area (Å²) in [5.74, 6) is 0.420. The number of rotatable bonds is 5. The van der Waals surface area contributed by atoms with Gasteiger partial charge < -0.3 is 10.2 Å². The van der Waals surface area contributed by atoms with Crippen molar-refractivity contribution < 1.29 is 9.59 Å². The van der Waals surface area contributed by atoms with Gasteiger partial charge in [-0.25, -0.2) is 0 Å². The summed E-state index contributed by atoms with van der Waals surface area (Å²) in [6.07, 6.45) is 4.72. The second-order valence-electron chi connectivity index (χ2n) is 7.59. The minimum Gasteiger partial charge on any atom is -0.342 e. The number of hydrogen-bond donors (Lipinski definition) is 1. The second kappa shape index (κ2) is 5.98. The number of piperazine rings is 1. The van der Waals surface area contributed by atoms with Crippen LogP contribution in [-0.4, -0.2) is 35.3 Å². The molecule has 1 saturated heterocycles. The van der Waals surface area contributed by atoms with Crippen LogP contribution in [0.4, 0.5) is 0 Å². The molecule has 0 radical (unpaired) electrons. The van der Waals surface area contributed by atoms with E-state index in [9.17, 15) is 9.59 Å². The quantitative estimate of drug-likeness (QED) is 0.847. The predicted octanol–water partition coefficient (Wildman–Crippen LogP) is 2.57. The average molecular weight is 294 g/mol. The summed E-state index contributed by atoms with van der Waals surface area (Å²) in [7, 11) is 0. The Morgan fingerprint density at radius 3 is 2.19 bits per heavy atom.